The van der Waals surface area contributed by atoms with Crippen molar-refractivity contribution in [3.05, 3.63) is 259 Å². The number of hydrogen-bond acceptors (Lipinski definition) is 20. The molecule has 2 aromatic heterocycles. The van der Waals surface area contributed by atoms with Crippen LogP contribution in [0.15, 0.2) is 223 Å². The van der Waals surface area contributed by atoms with Crippen LogP contribution in [0, 0.1) is 5.92 Å². The van der Waals surface area contributed by atoms with Crippen molar-refractivity contribution in [1.29, 1.82) is 0 Å². The minimum Gasteiger partial charge on any atom is -0.870 e. The second-order valence-corrected chi connectivity index (χ2v) is 33.9. The van der Waals surface area contributed by atoms with Gasteiger partial charge in [-0.1, -0.05) is 135 Å². The van der Waals surface area contributed by atoms with E-state index in [2.05, 4.69) is 80.2 Å². The predicted molar refractivity (Wildman–Crippen MR) is 491 cm³/mol. The number of fused-ring (bicyclic) bond motifs is 2. The molecule has 0 unspecified atom stereocenters. The fourth-order valence-electron chi connectivity index (χ4n) is 13.7. The Morgan fingerprint density at radius 2 is 0.736 bits per heavy atom. The number of amides is 1. The van der Waals surface area contributed by atoms with Gasteiger partial charge in [0.15, 0.2) is 11.6 Å². The van der Waals surface area contributed by atoms with E-state index in [4.69, 9.17) is 92.2 Å². The number of methoxy groups -OCH3 is 1. The molecule has 0 aliphatic carbocycles. The Morgan fingerprint density at radius 1 is 0.405 bits per heavy atom. The number of nitrogens with one attached hydrogen (secondary N) is 2. The molecule has 121 heavy (non-hydrogen) atoms. The number of aromatic carboxylic acids is 1. The molecule has 0 bridgehead atoms. The molecular weight excluding hydrogens is 1710 g/mol. The molecule has 5 fully saturated rings. The van der Waals surface area contributed by atoms with E-state index < -0.39 is 11.6 Å². The molecule has 5 saturated heterocycles. The summed E-state index contributed by atoms with van der Waals surface area (Å²) in [5.74, 6) is 0.325. The van der Waals surface area contributed by atoms with Gasteiger partial charge in [-0.15, -0.1) is 0 Å². The van der Waals surface area contributed by atoms with E-state index in [9.17, 15) is 24.3 Å². The van der Waals surface area contributed by atoms with Crippen molar-refractivity contribution in [3.63, 3.8) is 0 Å². The largest absolute Gasteiger partial charge is 1.00 e. The van der Waals surface area contributed by atoms with Gasteiger partial charge < -0.3 is 69.7 Å². The minimum atomic E-state index is -0.973. The number of rotatable bonds is 11. The molecule has 16 rings (SSSR count). The quantitative estimate of drug-likeness (QED) is 0.0619. The number of esters is 2. The second kappa shape index (κ2) is 46.4. The van der Waals surface area contributed by atoms with Gasteiger partial charge in [0.2, 0.25) is 0 Å². The van der Waals surface area contributed by atoms with E-state index in [0.717, 1.165) is 204 Å². The third kappa shape index (κ3) is 29.0. The van der Waals surface area contributed by atoms with E-state index in [1.54, 1.807) is 35.2 Å². The van der Waals surface area contributed by atoms with Crippen molar-refractivity contribution < 1.29 is 73.5 Å². The number of ether oxygens (including phenoxy) is 3. The summed E-state index contributed by atoms with van der Waals surface area (Å²) in [6.45, 7) is 27.1. The van der Waals surface area contributed by atoms with E-state index >= 15 is 0 Å². The van der Waals surface area contributed by atoms with Crippen LogP contribution in [-0.4, -0.2) is 196 Å². The molecule has 4 N–H and O–H groups in total. The van der Waals surface area contributed by atoms with Gasteiger partial charge in [-0.2, -0.15) is 0 Å². The molecule has 0 radical (unpaired) electrons. The molecule has 7 heterocycles. The summed E-state index contributed by atoms with van der Waals surface area (Å²) in [7, 11) is 1.38. The van der Waals surface area contributed by atoms with Crippen molar-refractivity contribution >= 4 is 154 Å². The van der Waals surface area contributed by atoms with E-state index in [1.807, 2.05) is 205 Å². The Hall–Kier alpha value is -9.05. The van der Waals surface area contributed by atoms with Gasteiger partial charge in [-0.3, -0.25) is 4.79 Å². The van der Waals surface area contributed by atoms with Crippen LogP contribution < -0.4 is 69.6 Å². The van der Waals surface area contributed by atoms with Crippen molar-refractivity contribution in [2.45, 2.75) is 65.6 Å². The van der Waals surface area contributed by atoms with Gasteiger partial charge >= 0.3 is 53.6 Å². The summed E-state index contributed by atoms with van der Waals surface area (Å²) in [6, 6.07) is 69.4. The molecule has 632 valence electrons. The van der Waals surface area contributed by atoms with Crippen molar-refractivity contribution in [2.75, 3.05) is 154 Å². The first-order valence-electron chi connectivity index (χ1n) is 39.8. The van der Waals surface area contributed by atoms with Crippen LogP contribution >= 0.6 is 73.9 Å². The van der Waals surface area contributed by atoms with Gasteiger partial charge in [0.1, 0.15) is 22.6 Å². The average Bonchev–Trinajstić information content (AvgIpc) is 0.777. The molecule has 0 saturated carbocycles. The average molecular weight is 1810 g/mol. The summed E-state index contributed by atoms with van der Waals surface area (Å²) in [5.41, 5.74) is 10.9. The molecule has 0 atom stereocenters. The van der Waals surface area contributed by atoms with Gasteiger partial charge in [0.25, 0.3) is 0 Å². The van der Waals surface area contributed by atoms with Crippen LogP contribution in [0.2, 0.25) is 25.1 Å². The Bertz CT molecular complexity index is 5100. The first-order chi connectivity index (χ1) is 57.2. The van der Waals surface area contributed by atoms with Crippen LogP contribution in [0.3, 0.4) is 0 Å². The predicted octanol–water partition coefficient (Wildman–Crippen LogP) is 16.4. The molecule has 9 aromatic carbocycles. The first kappa shape index (κ1) is 95.8. The summed E-state index contributed by atoms with van der Waals surface area (Å²) >= 11 is 32.7. The van der Waals surface area contributed by atoms with Crippen LogP contribution in [-0.2, 0) is 19.0 Å². The van der Waals surface area contributed by atoms with Crippen molar-refractivity contribution in [2.24, 2.45) is 5.92 Å². The smallest absolute Gasteiger partial charge is 0.870 e. The number of carbonyl (C=O) groups is 4. The Morgan fingerprint density at radius 3 is 1.09 bits per heavy atom. The number of piperazine rings is 4. The van der Waals surface area contributed by atoms with E-state index in [0.29, 0.717) is 35.2 Å². The zero-order valence-electron chi connectivity index (χ0n) is 69.4. The molecule has 0 spiro atoms. The summed E-state index contributed by atoms with van der Waals surface area (Å²) in [5, 5.41) is 19.7. The fraction of sp³-hybridized carbons (Fsp3) is 0.326. The van der Waals surface area contributed by atoms with Gasteiger partial charge in [0, 0.05) is 168 Å². The third-order valence-corrected chi connectivity index (χ3v) is 21.7. The molecule has 29 heteroatoms. The standard InChI is InChI=1S/C26H23ClN4O2.C25H21ClN4O2.C15H21ClN2O2.C10H13ClN2.C10H19NO2.C6H4BrCl.Na.H2O/c1-33-26(32)19-7-12-22-23(17-19)29-25(24(28-22)18-5-3-2-4-6-18)31-15-13-30(14-16-31)21-10-8-20(27)9-11-21;26-19-7-9-20(10-8-19)29-12-14-30(15-13-29)24-23(17-4-2-1-3-5-17)27-21-11-6-18(25(31)32)16-22(21)28-24;1-15(2,3)20-14(19)18-10-8-17(9-11-18)13-6-4-12(16)5-7-13;11-9-1-3-10(4-2-9)13-7-5-12-6-8-13;1-10(2,3)13-9(12)8-4-6-11-7-5-8;7-5-1-3-6(8)4-2-5;;/h2-12,17H,13-16H2,1H3;1-11,16H,12-15H2,(H,31,32);4-7H,8-11H2,1-3H3;1-4,12H,5-8H2;8,11H,4-7H2,1-3H3;1-4H;;1H2/q;;;;;;+1;/p-1. The van der Waals surface area contributed by atoms with Crippen LogP contribution in [0.1, 0.15) is 75.1 Å². The molecule has 5 aliphatic rings. The van der Waals surface area contributed by atoms with Crippen LogP contribution in [0.5, 0.6) is 0 Å². The number of anilines is 6. The SMILES string of the molecule is CC(C)(C)OC(=O)C1CCNCC1.CC(C)(C)OC(=O)N1CCN(c2ccc(Cl)cc2)CC1.COC(=O)c1ccc2nc(-c3ccccc3)c(N3CCN(c4ccc(Cl)cc4)CC3)nc2c1.Clc1ccc(Br)cc1.Clc1ccc(N2CCNCC2)cc1.O=C(O)c1ccc2nc(-c3ccccc3)c(N3CCN(c4ccc(Cl)cc4)CC3)nc2c1.[Na+].[OH-]. The Labute approximate surface area is 764 Å². The van der Waals surface area contributed by atoms with E-state index in [-0.39, 0.29) is 70.1 Å². The maximum Gasteiger partial charge on any atom is 1.00 e. The van der Waals surface area contributed by atoms with Gasteiger partial charge in [0.05, 0.1) is 46.2 Å². The first-order valence-corrected chi connectivity index (χ1v) is 42.5. The fourth-order valence-corrected chi connectivity index (χ4v) is 14.6. The minimum absolute atomic E-state index is 0. The number of carboxylic acid groups (broad SMARTS) is 1. The third-order valence-electron chi connectivity index (χ3n) is 19.9. The number of halogens is 6. The number of carboxylic acids is 1. The van der Waals surface area contributed by atoms with Crippen LogP contribution in [0.4, 0.5) is 39.2 Å². The number of nitrogens with zero attached hydrogens (tertiary/aromatic N) is 11. The summed E-state index contributed by atoms with van der Waals surface area (Å²) in [4.78, 5) is 82.3. The molecular formula is C92H102BrCl5N13NaO9. The summed E-state index contributed by atoms with van der Waals surface area (Å²) < 4.78 is 16.6. The number of benzene rings is 9. The Kier molecular flexibility index (Phi) is 36.8. The molecule has 1 amide bonds. The number of hydrogen-bond donors (Lipinski definition) is 3. The normalized spacial score (nSPS) is 14.8. The second-order valence-electron chi connectivity index (χ2n) is 30.8. The molecule has 22 nitrogen and oxygen atoms in total. The number of piperidine rings is 1. The topological polar surface area (TPSA) is 244 Å². The zero-order valence-corrected chi connectivity index (χ0v) is 76.8. The molecule has 5 aliphatic heterocycles. The van der Waals surface area contributed by atoms with Crippen LogP contribution in [0.25, 0.3) is 44.6 Å². The monoisotopic (exact) mass is 1810 g/mol. The summed E-state index contributed by atoms with van der Waals surface area (Å²) in [6.07, 6.45) is 1.59. The maximum absolute atomic E-state index is 12.0. The van der Waals surface area contributed by atoms with Crippen molar-refractivity contribution in [3.8, 4) is 22.5 Å². The van der Waals surface area contributed by atoms with Gasteiger partial charge in [-0.25, -0.2) is 34.3 Å². The van der Waals surface area contributed by atoms with Crippen molar-refractivity contribution in [1.82, 2.24) is 35.5 Å². The molecule has 11 aromatic rings. The zero-order chi connectivity index (χ0) is 84.6. The Balaban J connectivity index is 0.000000175. The maximum atomic E-state index is 12.0. The number of carbonyl (C=O) groups excluding carboxylic acids is 3. The van der Waals surface area contributed by atoms with E-state index in [1.165, 1.54) is 12.8 Å². The number of aromatic nitrogens is 4. The van der Waals surface area contributed by atoms with Gasteiger partial charge in [-0.05, 0) is 225 Å².